The van der Waals surface area contributed by atoms with Crippen molar-refractivity contribution in [2.45, 2.75) is 25.6 Å². The predicted molar refractivity (Wildman–Crippen MR) is 155 cm³/mol. The monoisotopic (exact) mass is 572 g/mol. The Kier molecular flexibility index (Phi) is 8.82. The molecule has 9 heteroatoms. The van der Waals surface area contributed by atoms with Crippen molar-refractivity contribution < 1.29 is 14.3 Å². The van der Waals surface area contributed by atoms with Crippen molar-refractivity contribution in [2.24, 2.45) is 0 Å². The lowest BCUT2D eigenvalue weighted by atomic mass is 10.1. The molecular weight excluding hydrogens is 547 g/mol. The van der Waals surface area contributed by atoms with Crippen molar-refractivity contribution in [2.75, 3.05) is 13.2 Å². The molecule has 7 nitrogen and oxygen atoms in total. The standard InChI is InChI=1S/C31H26Cl2N4O3/c32-25-11-8-22(29(33)16-25)20-40-27-12-9-21(10-13-27)30-24(19-37(36-30)26-5-2-1-3-6-26)15-23(17-34)31(38)35-18-28-7-4-14-39-28/h1-3,5-6,8-13,15-16,19,28H,4,7,14,18,20H2,(H,35,38)/b23-15+. The van der Waals surface area contributed by atoms with Crippen LogP contribution in [0.1, 0.15) is 24.0 Å². The lowest BCUT2D eigenvalue weighted by Gasteiger charge is -2.10. The number of carbonyl (C=O) groups is 1. The number of halogens is 2. The summed E-state index contributed by atoms with van der Waals surface area (Å²) in [5.74, 6) is 0.210. The Balaban J connectivity index is 1.39. The van der Waals surface area contributed by atoms with Crippen molar-refractivity contribution in [1.29, 1.82) is 5.26 Å². The van der Waals surface area contributed by atoms with Gasteiger partial charge in [0.15, 0.2) is 0 Å². The van der Waals surface area contributed by atoms with Crippen molar-refractivity contribution in [3.05, 3.63) is 106 Å². The van der Waals surface area contributed by atoms with Crippen molar-refractivity contribution in [3.63, 3.8) is 0 Å². The number of rotatable bonds is 9. The van der Waals surface area contributed by atoms with E-state index < -0.39 is 5.91 Å². The van der Waals surface area contributed by atoms with E-state index in [4.69, 9.17) is 37.8 Å². The molecule has 1 saturated heterocycles. The number of hydrogen-bond donors (Lipinski definition) is 1. The molecule has 4 aromatic rings. The lowest BCUT2D eigenvalue weighted by molar-refractivity contribution is -0.117. The zero-order valence-corrected chi connectivity index (χ0v) is 23.0. The Morgan fingerprint density at radius 2 is 1.95 bits per heavy atom. The zero-order valence-electron chi connectivity index (χ0n) is 21.5. The van der Waals surface area contributed by atoms with Gasteiger partial charge in [-0.3, -0.25) is 4.79 Å². The highest BCUT2D eigenvalue weighted by Gasteiger charge is 2.19. The smallest absolute Gasteiger partial charge is 0.262 e. The molecule has 3 aromatic carbocycles. The molecule has 202 valence electrons. The van der Waals surface area contributed by atoms with Gasteiger partial charge < -0.3 is 14.8 Å². The van der Waals surface area contributed by atoms with E-state index in [-0.39, 0.29) is 11.7 Å². The summed E-state index contributed by atoms with van der Waals surface area (Å²) in [6, 6.07) is 24.4. The number of nitrogens with one attached hydrogen (secondary N) is 1. The highest BCUT2D eigenvalue weighted by atomic mass is 35.5. The SMILES string of the molecule is N#C/C(=C\c1cn(-c2ccccc2)nc1-c1ccc(OCc2ccc(Cl)cc2Cl)cc1)C(=O)NCC1CCCO1. The van der Waals surface area contributed by atoms with Crippen molar-refractivity contribution in [1.82, 2.24) is 15.1 Å². The Morgan fingerprint density at radius 1 is 1.15 bits per heavy atom. The van der Waals surface area contributed by atoms with Gasteiger partial charge in [0.2, 0.25) is 0 Å². The minimum Gasteiger partial charge on any atom is -0.489 e. The second-order valence-corrected chi connectivity index (χ2v) is 10.1. The first kappa shape index (κ1) is 27.5. The molecular formula is C31H26Cl2N4O3. The van der Waals surface area contributed by atoms with Crippen LogP contribution < -0.4 is 10.1 Å². The fourth-order valence-electron chi connectivity index (χ4n) is 4.35. The number of aromatic nitrogens is 2. The molecule has 1 atom stereocenters. The summed E-state index contributed by atoms with van der Waals surface area (Å²) >= 11 is 12.2. The van der Waals surface area contributed by atoms with Crippen LogP contribution in [0.4, 0.5) is 0 Å². The number of carbonyl (C=O) groups excluding carboxylic acids is 1. The van der Waals surface area contributed by atoms with E-state index in [1.807, 2.05) is 72.9 Å². The fourth-order valence-corrected chi connectivity index (χ4v) is 4.81. The first-order valence-electron chi connectivity index (χ1n) is 12.8. The topological polar surface area (TPSA) is 89.2 Å². The maximum atomic E-state index is 12.8. The summed E-state index contributed by atoms with van der Waals surface area (Å²) in [6.45, 7) is 1.36. The normalized spacial score (nSPS) is 15.0. The number of para-hydroxylation sites is 1. The second-order valence-electron chi connectivity index (χ2n) is 9.28. The summed E-state index contributed by atoms with van der Waals surface area (Å²) in [5, 5.41) is 18.5. The van der Waals surface area contributed by atoms with Crippen LogP contribution in [0.5, 0.6) is 5.75 Å². The van der Waals surface area contributed by atoms with Gasteiger partial charge in [0, 0.05) is 46.1 Å². The highest BCUT2D eigenvalue weighted by molar-refractivity contribution is 6.35. The van der Waals surface area contributed by atoms with Crippen LogP contribution in [0.2, 0.25) is 10.0 Å². The Labute approximate surface area is 242 Å². The maximum Gasteiger partial charge on any atom is 0.262 e. The summed E-state index contributed by atoms with van der Waals surface area (Å²) < 4.78 is 13.2. The second kappa shape index (κ2) is 12.8. The van der Waals surface area contributed by atoms with Gasteiger partial charge in [-0.2, -0.15) is 10.4 Å². The summed E-state index contributed by atoms with van der Waals surface area (Å²) in [4.78, 5) is 12.8. The molecule has 1 aliphatic rings. The number of nitrogens with zero attached hydrogens (tertiary/aromatic N) is 3. The zero-order chi connectivity index (χ0) is 27.9. The molecule has 0 saturated carbocycles. The van der Waals surface area contributed by atoms with Gasteiger partial charge in [0.05, 0.1) is 17.5 Å². The van der Waals surface area contributed by atoms with Gasteiger partial charge >= 0.3 is 0 Å². The van der Waals surface area contributed by atoms with Gasteiger partial charge in [-0.05, 0) is 67.4 Å². The minimum atomic E-state index is -0.444. The van der Waals surface area contributed by atoms with Gasteiger partial charge in [0.25, 0.3) is 5.91 Å². The van der Waals surface area contributed by atoms with Gasteiger partial charge in [-0.25, -0.2) is 4.68 Å². The number of amides is 1. The Bertz CT molecular complexity index is 1550. The fraction of sp³-hybridized carbons (Fsp3) is 0.194. The van der Waals surface area contributed by atoms with E-state index in [1.54, 1.807) is 22.9 Å². The van der Waals surface area contributed by atoms with Crippen LogP contribution in [-0.2, 0) is 16.1 Å². The number of hydrogen-bond acceptors (Lipinski definition) is 5. The average Bonchev–Trinajstić information content (AvgIpc) is 3.65. The summed E-state index contributed by atoms with van der Waals surface area (Å²) in [5.41, 5.74) is 3.72. The Morgan fingerprint density at radius 3 is 2.65 bits per heavy atom. The van der Waals surface area contributed by atoms with Gasteiger partial charge in [-0.15, -0.1) is 0 Å². The van der Waals surface area contributed by atoms with Crippen LogP contribution in [0.15, 0.2) is 84.6 Å². The largest absolute Gasteiger partial charge is 0.489 e. The van der Waals surface area contributed by atoms with E-state index in [1.165, 1.54) is 0 Å². The number of benzene rings is 3. The molecule has 0 spiro atoms. The molecule has 1 N–H and O–H groups in total. The van der Waals surface area contributed by atoms with E-state index in [2.05, 4.69) is 5.32 Å². The molecule has 1 amide bonds. The summed E-state index contributed by atoms with van der Waals surface area (Å²) in [6.07, 6.45) is 5.23. The van der Waals surface area contributed by atoms with Crippen LogP contribution in [0.3, 0.4) is 0 Å². The lowest BCUT2D eigenvalue weighted by Crippen LogP contribution is -2.32. The molecule has 40 heavy (non-hydrogen) atoms. The first-order chi connectivity index (χ1) is 19.5. The molecule has 1 fully saturated rings. The third-order valence-corrected chi connectivity index (χ3v) is 7.07. The van der Waals surface area contributed by atoms with Crippen molar-refractivity contribution >= 4 is 35.2 Å². The molecule has 0 aliphatic carbocycles. The molecule has 1 unspecified atom stereocenters. The average molecular weight is 573 g/mol. The van der Waals surface area contributed by atoms with Gasteiger partial charge in [-0.1, -0.05) is 47.5 Å². The first-order valence-corrected chi connectivity index (χ1v) is 13.6. The van der Waals surface area contributed by atoms with Crippen molar-refractivity contribution in [3.8, 4) is 28.8 Å². The number of nitriles is 1. The molecule has 2 heterocycles. The van der Waals surface area contributed by atoms with E-state index in [0.717, 1.165) is 29.7 Å². The minimum absolute atomic E-state index is 0.00773. The molecule has 0 bridgehead atoms. The number of ether oxygens (including phenoxy) is 2. The highest BCUT2D eigenvalue weighted by Crippen LogP contribution is 2.29. The third kappa shape index (κ3) is 6.72. The third-order valence-electron chi connectivity index (χ3n) is 6.48. The van der Waals surface area contributed by atoms with E-state index >= 15 is 0 Å². The van der Waals surface area contributed by atoms with Crippen LogP contribution >= 0.6 is 23.2 Å². The molecule has 1 aromatic heterocycles. The van der Waals surface area contributed by atoms with E-state index in [0.29, 0.717) is 46.8 Å². The van der Waals surface area contributed by atoms with Crippen LogP contribution in [0.25, 0.3) is 23.0 Å². The van der Waals surface area contributed by atoms with Crippen LogP contribution in [-0.4, -0.2) is 34.9 Å². The summed E-state index contributed by atoms with van der Waals surface area (Å²) in [7, 11) is 0. The van der Waals surface area contributed by atoms with Crippen LogP contribution in [0, 0.1) is 11.3 Å². The predicted octanol–water partition coefficient (Wildman–Crippen LogP) is 6.63. The quantitative estimate of drug-likeness (QED) is 0.179. The molecule has 5 rings (SSSR count). The van der Waals surface area contributed by atoms with Gasteiger partial charge in [0.1, 0.15) is 24.0 Å². The van der Waals surface area contributed by atoms with E-state index in [9.17, 15) is 10.1 Å². The Hall–Kier alpha value is -4.09. The molecule has 0 radical (unpaired) electrons. The molecule has 1 aliphatic heterocycles. The maximum absolute atomic E-state index is 12.8.